The van der Waals surface area contributed by atoms with Crippen molar-refractivity contribution >= 4 is 27.3 Å². The lowest BCUT2D eigenvalue weighted by Crippen LogP contribution is -2.36. The maximum Gasteiger partial charge on any atom is 0.0599 e. The first-order valence-electron chi connectivity index (χ1n) is 5.85. The molecule has 0 bridgehead atoms. The SMILES string of the molecule is CCOC1CCN(Cc2sccc2Br)CC1. The smallest absolute Gasteiger partial charge is 0.0599 e. The van der Waals surface area contributed by atoms with Crippen molar-refractivity contribution in [2.24, 2.45) is 0 Å². The molecule has 2 nitrogen and oxygen atoms in total. The molecule has 0 spiro atoms. The van der Waals surface area contributed by atoms with Crippen molar-refractivity contribution in [2.75, 3.05) is 19.7 Å². The fourth-order valence-electron chi connectivity index (χ4n) is 2.11. The lowest BCUT2D eigenvalue weighted by atomic mass is 10.1. The fourth-order valence-corrected chi connectivity index (χ4v) is 3.63. The lowest BCUT2D eigenvalue weighted by molar-refractivity contribution is 0.0127. The van der Waals surface area contributed by atoms with E-state index in [2.05, 4.69) is 39.2 Å². The highest BCUT2D eigenvalue weighted by Gasteiger charge is 2.19. The summed E-state index contributed by atoms with van der Waals surface area (Å²) < 4.78 is 6.91. The van der Waals surface area contributed by atoms with Crippen LogP contribution in [-0.2, 0) is 11.3 Å². The van der Waals surface area contributed by atoms with Crippen molar-refractivity contribution in [1.29, 1.82) is 0 Å². The van der Waals surface area contributed by atoms with Crippen LogP contribution in [0.3, 0.4) is 0 Å². The molecule has 0 aliphatic carbocycles. The van der Waals surface area contributed by atoms with Gasteiger partial charge in [0.2, 0.25) is 0 Å². The van der Waals surface area contributed by atoms with E-state index in [0.717, 1.165) is 26.2 Å². The van der Waals surface area contributed by atoms with Gasteiger partial charge in [0.15, 0.2) is 0 Å². The molecule has 1 fully saturated rings. The average molecular weight is 304 g/mol. The summed E-state index contributed by atoms with van der Waals surface area (Å²) in [4.78, 5) is 3.96. The van der Waals surface area contributed by atoms with Gasteiger partial charge < -0.3 is 4.74 Å². The lowest BCUT2D eigenvalue weighted by Gasteiger charge is -2.31. The van der Waals surface area contributed by atoms with Gasteiger partial charge >= 0.3 is 0 Å². The van der Waals surface area contributed by atoms with Crippen molar-refractivity contribution in [2.45, 2.75) is 32.4 Å². The normalized spacial score (nSPS) is 19.1. The number of ether oxygens (including phenoxy) is 1. The third kappa shape index (κ3) is 3.29. The second-order valence-electron chi connectivity index (χ2n) is 4.12. The van der Waals surface area contributed by atoms with E-state index in [9.17, 15) is 0 Å². The molecular formula is C12H18BrNOS. The van der Waals surface area contributed by atoms with Crippen LogP contribution in [0.25, 0.3) is 0 Å². The predicted octanol–water partition coefficient (Wildman–Crippen LogP) is 3.51. The number of nitrogens with zero attached hydrogens (tertiary/aromatic N) is 1. The molecule has 0 N–H and O–H groups in total. The summed E-state index contributed by atoms with van der Waals surface area (Å²) in [6.45, 7) is 6.33. The second kappa shape index (κ2) is 6.15. The summed E-state index contributed by atoms with van der Waals surface area (Å²) in [5.41, 5.74) is 0. The Morgan fingerprint density at radius 2 is 2.25 bits per heavy atom. The van der Waals surface area contributed by atoms with E-state index in [1.54, 1.807) is 0 Å². The minimum atomic E-state index is 0.494. The van der Waals surface area contributed by atoms with Crippen LogP contribution in [0.15, 0.2) is 15.9 Å². The van der Waals surface area contributed by atoms with Crippen LogP contribution < -0.4 is 0 Å². The van der Waals surface area contributed by atoms with Crippen molar-refractivity contribution in [1.82, 2.24) is 4.90 Å². The highest BCUT2D eigenvalue weighted by molar-refractivity contribution is 9.10. The third-order valence-corrected chi connectivity index (χ3v) is 4.91. The number of thiophene rings is 1. The monoisotopic (exact) mass is 303 g/mol. The number of piperidine rings is 1. The van der Waals surface area contributed by atoms with E-state index in [1.165, 1.54) is 22.2 Å². The van der Waals surface area contributed by atoms with Crippen LogP contribution in [0.5, 0.6) is 0 Å². The summed E-state index contributed by atoms with van der Waals surface area (Å²) in [6.07, 6.45) is 2.85. The molecular weight excluding hydrogens is 286 g/mol. The zero-order chi connectivity index (χ0) is 11.4. The Bertz CT molecular complexity index is 321. The molecule has 16 heavy (non-hydrogen) atoms. The van der Waals surface area contributed by atoms with E-state index in [0.29, 0.717) is 6.10 Å². The summed E-state index contributed by atoms with van der Waals surface area (Å²) in [7, 11) is 0. The van der Waals surface area contributed by atoms with E-state index in [1.807, 2.05) is 11.3 Å². The van der Waals surface area contributed by atoms with Gasteiger partial charge in [-0.25, -0.2) is 0 Å². The van der Waals surface area contributed by atoms with Crippen molar-refractivity contribution < 1.29 is 4.74 Å². The molecule has 1 aromatic heterocycles. The number of likely N-dealkylation sites (tertiary alicyclic amines) is 1. The van der Waals surface area contributed by atoms with Gasteiger partial charge in [0.05, 0.1) is 6.10 Å². The molecule has 2 rings (SSSR count). The van der Waals surface area contributed by atoms with E-state index < -0.39 is 0 Å². The third-order valence-electron chi connectivity index (χ3n) is 3.00. The Morgan fingerprint density at radius 3 is 2.81 bits per heavy atom. The van der Waals surface area contributed by atoms with Gasteiger partial charge in [-0.05, 0) is 47.1 Å². The maximum absolute atomic E-state index is 5.66. The first-order valence-corrected chi connectivity index (χ1v) is 7.52. The molecule has 2 heterocycles. The van der Waals surface area contributed by atoms with E-state index >= 15 is 0 Å². The van der Waals surface area contributed by atoms with Crippen LogP contribution in [0.1, 0.15) is 24.6 Å². The Hall–Kier alpha value is 0.100. The minimum absolute atomic E-state index is 0.494. The maximum atomic E-state index is 5.66. The number of halogens is 1. The largest absolute Gasteiger partial charge is 0.378 e. The van der Waals surface area contributed by atoms with Crippen molar-refractivity contribution in [3.8, 4) is 0 Å². The molecule has 0 saturated carbocycles. The first-order chi connectivity index (χ1) is 7.79. The molecule has 1 aliphatic heterocycles. The molecule has 0 aromatic carbocycles. The van der Waals surface area contributed by atoms with Gasteiger partial charge in [0, 0.05) is 35.6 Å². The highest BCUT2D eigenvalue weighted by Crippen LogP contribution is 2.25. The Balaban J connectivity index is 1.79. The Kier molecular flexibility index (Phi) is 4.82. The minimum Gasteiger partial charge on any atom is -0.378 e. The standard InChI is InChI=1S/C12H18BrNOS/c1-2-15-10-3-6-14(7-4-10)9-12-11(13)5-8-16-12/h5,8,10H,2-4,6-7,9H2,1H3. The van der Waals surface area contributed by atoms with Gasteiger partial charge in [0.25, 0.3) is 0 Å². The highest BCUT2D eigenvalue weighted by atomic mass is 79.9. The molecule has 1 saturated heterocycles. The molecule has 1 aromatic rings. The van der Waals surface area contributed by atoms with Gasteiger partial charge in [0.1, 0.15) is 0 Å². The van der Waals surface area contributed by atoms with Crippen LogP contribution in [0.4, 0.5) is 0 Å². The molecule has 90 valence electrons. The van der Waals surface area contributed by atoms with Crippen LogP contribution >= 0.6 is 27.3 Å². The zero-order valence-electron chi connectivity index (χ0n) is 9.62. The summed E-state index contributed by atoms with van der Waals surface area (Å²) >= 11 is 5.42. The van der Waals surface area contributed by atoms with Crippen LogP contribution in [0, 0.1) is 0 Å². The topological polar surface area (TPSA) is 12.5 Å². The molecule has 0 amide bonds. The summed E-state index contributed by atoms with van der Waals surface area (Å²) in [6, 6.07) is 2.13. The predicted molar refractivity (Wildman–Crippen MR) is 71.9 cm³/mol. The van der Waals surface area contributed by atoms with E-state index in [-0.39, 0.29) is 0 Å². The summed E-state index contributed by atoms with van der Waals surface area (Å²) in [5.74, 6) is 0. The average Bonchev–Trinajstić information content (AvgIpc) is 2.68. The second-order valence-corrected chi connectivity index (χ2v) is 5.98. The van der Waals surface area contributed by atoms with Crippen LogP contribution in [0.2, 0.25) is 0 Å². The van der Waals surface area contributed by atoms with Crippen LogP contribution in [-0.4, -0.2) is 30.7 Å². The Morgan fingerprint density at radius 1 is 1.50 bits per heavy atom. The molecule has 0 radical (unpaired) electrons. The fraction of sp³-hybridized carbons (Fsp3) is 0.667. The number of rotatable bonds is 4. The molecule has 0 atom stereocenters. The van der Waals surface area contributed by atoms with Crippen molar-refractivity contribution in [3.05, 3.63) is 20.8 Å². The first kappa shape index (κ1) is 12.6. The van der Waals surface area contributed by atoms with Gasteiger partial charge in [-0.1, -0.05) is 0 Å². The van der Waals surface area contributed by atoms with E-state index in [4.69, 9.17) is 4.74 Å². The van der Waals surface area contributed by atoms with Gasteiger partial charge in [-0.3, -0.25) is 4.90 Å². The van der Waals surface area contributed by atoms with Gasteiger partial charge in [-0.2, -0.15) is 0 Å². The molecule has 0 unspecified atom stereocenters. The number of hydrogen-bond donors (Lipinski definition) is 0. The summed E-state index contributed by atoms with van der Waals surface area (Å²) in [5, 5.41) is 2.15. The Labute approximate surface area is 110 Å². The zero-order valence-corrected chi connectivity index (χ0v) is 12.0. The number of hydrogen-bond acceptors (Lipinski definition) is 3. The van der Waals surface area contributed by atoms with Crippen molar-refractivity contribution in [3.63, 3.8) is 0 Å². The van der Waals surface area contributed by atoms with Gasteiger partial charge in [-0.15, -0.1) is 11.3 Å². The quantitative estimate of drug-likeness (QED) is 0.844. The molecule has 1 aliphatic rings. The molecule has 4 heteroatoms.